The zero-order valence-electron chi connectivity index (χ0n) is 12.0. The van der Waals surface area contributed by atoms with Gasteiger partial charge < -0.3 is 9.84 Å². The van der Waals surface area contributed by atoms with Gasteiger partial charge in [-0.05, 0) is 31.0 Å². The predicted molar refractivity (Wildman–Crippen MR) is 81.0 cm³/mol. The zero-order valence-corrected chi connectivity index (χ0v) is 12.0. The van der Waals surface area contributed by atoms with Gasteiger partial charge in [-0.2, -0.15) is 0 Å². The lowest BCUT2D eigenvalue weighted by atomic mass is 10.00. The first-order chi connectivity index (χ1) is 10.1. The topological polar surface area (TPSA) is 59.4 Å². The second kappa shape index (κ2) is 6.70. The molecule has 0 fully saturated rings. The molecular formula is C17H17NO3. The van der Waals surface area contributed by atoms with Gasteiger partial charge in [0.15, 0.2) is 0 Å². The van der Waals surface area contributed by atoms with Crippen molar-refractivity contribution in [1.29, 1.82) is 0 Å². The molecule has 1 aromatic heterocycles. The molecule has 108 valence electrons. The number of nitrogens with zero attached hydrogens (tertiary/aromatic N) is 1. The molecule has 0 amide bonds. The molecule has 1 heterocycles. The summed E-state index contributed by atoms with van der Waals surface area (Å²) >= 11 is 0. The van der Waals surface area contributed by atoms with Crippen molar-refractivity contribution in [1.82, 2.24) is 4.98 Å². The summed E-state index contributed by atoms with van der Waals surface area (Å²) in [5, 5.41) is 9.26. The first kappa shape index (κ1) is 14.8. The fraction of sp³-hybridized carbons (Fsp3) is 0.176. The summed E-state index contributed by atoms with van der Waals surface area (Å²) in [7, 11) is 0. The van der Waals surface area contributed by atoms with Gasteiger partial charge in [0.1, 0.15) is 6.61 Å². The van der Waals surface area contributed by atoms with Crippen LogP contribution < -0.4 is 4.74 Å². The van der Waals surface area contributed by atoms with E-state index in [-0.39, 0.29) is 12.2 Å². The van der Waals surface area contributed by atoms with E-state index in [2.05, 4.69) is 4.98 Å². The highest BCUT2D eigenvalue weighted by Gasteiger charge is 2.13. The third-order valence-corrected chi connectivity index (χ3v) is 3.15. The molecule has 21 heavy (non-hydrogen) atoms. The number of hydrogen-bond acceptors (Lipinski definition) is 3. The first-order valence-electron chi connectivity index (χ1n) is 6.65. The van der Waals surface area contributed by atoms with Crippen molar-refractivity contribution in [3.8, 4) is 5.88 Å². The van der Waals surface area contributed by atoms with Gasteiger partial charge in [0.2, 0.25) is 5.88 Å². The molecule has 0 atom stereocenters. The third kappa shape index (κ3) is 3.48. The number of hydrogen-bond donors (Lipinski definition) is 1. The monoisotopic (exact) mass is 283 g/mol. The van der Waals surface area contributed by atoms with E-state index in [9.17, 15) is 9.90 Å². The molecule has 0 radical (unpaired) electrons. The Morgan fingerprint density at radius 1 is 1.29 bits per heavy atom. The fourth-order valence-electron chi connectivity index (χ4n) is 2.07. The molecule has 4 nitrogen and oxygen atoms in total. The highest BCUT2D eigenvalue weighted by molar-refractivity contribution is 6.15. The SMILES string of the molecule is CC=C(C(=O)O)c1ccccc1COc1ncccc1C. The molecule has 0 aliphatic carbocycles. The number of carboxylic acid groups (broad SMARTS) is 1. The van der Waals surface area contributed by atoms with Gasteiger partial charge in [0.05, 0.1) is 5.57 Å². The molecule has 0 unspecified atom stereocenters. The van der Waals surface area contributed by atoms with Gasteiger partial charge in [0, 0.05) is 11.8 Å². The number of carbonyl (C=O) groups is 1. The van der Waals surface area contributed by atoms with Crippen LogP contribution >= 0.6 is 0 Å². The maximum atomic E-state index is 11.3. The van der Waals surface area contributed by atoms with Crippen molar-refractivity contribution in [2.75, 3.05) is 0 Å². The van der Waals surface area contributed by atoms with Crippen molar-refractivity contribution in [3.63, 3.8) is 0 Å². The maximum absolute atomic E-state index is 11.3. The summed E-state index contributed by atoms with van der Waals surface area (Å²) in [6, 6.07) is 11.1. The van der Waals surface area contributed by atoms with Crippen LogP contribution in [0.2, 0.25) is 0 Å². The van der Waals surface area contributed by atoms with E-state index in [4.69, 9.17) is 4.74 Å². The van der Waals surface area contributed by atoms with Crippen molar-refractivity contribution >= 4 is 11.5 Å². The molecule has 4 heteroatoms. The van der Waals surface area contributed by atoms with Gasteiger partial charge in [-0.1, -0.05) is 36.4 Å². The van der Waals surface area contributed by atoms with Crippen LogP contribution in [0, 0.1) is 6.92 Å². The van der Waals surface area contributed by atoms with Crippen LogP contribution in [0.5, 0.6) is 5.88 Å². The van der Waals surface area contributed by atoms with Gasteiger partial charge in [-0.3, -0.25) is 0 Å². The van der Waals surface area contributed by atoms with Crippen molar-refractivity contribution in [2.24, 2.45) is 0 Å². The second-order valence-electron chi connectivity index (χ2n) is 4.58. The van der Waals surface area contributed by atoms with Crippen molar-refractivity contribution in [3.05, 3.63) is 65.4 Å². The Morgan fingerprint density at radius 3 is 2.71 bits per heavy atom. The standard InChI is InChI=1S/C17H17NO3/c1-3-14(17(19)20)15-9-5-4-8-13(15)11-21-16-12(2)7-6-10-18-16/h3-10H,11H2,1-2H3,(H,19,20). The summed E-state index contributed by atoms with van der Waals surface area (Å²) in [5.74, 6) is -0.386. The van der Waals surface area contributed by atoms with Gasteiger partial charge in [0.25, 0.3) is 0 Å². The number of ether oxygens (including phenoxy) is 1. The molecule has 1 aromatic carbocycles. The average Bonchev–Trinajstić information content (AvgIpc) is 2.48. The summed E-state index contributed by atoms with van der Waals surface area (Å²) in [6.45, 7) is 3.91. The molecule has 0 aliphatic rings. The Kier molecular flexibility index (Phi) is 4.72. The lowest BCUT2D eigenvalue weighted by molar-refractivity contribution is -0.130. The van der Waals surface area contributed by atoms with E-state index >= 15 is 0 Å². The number of pyridine rings is 1. The van der Waals surface area contributed by atoms with Crippen LogP contribution in [0.4, 0.5) is 0 Å². The van der Waals surface area contributed by atoms with Crippen molar-refractivity contribution < 1.29 is 14.6 Å². The minimum absolute atomic E-state index is 0.270. The number of carboxylic acids is 1. The number of aliphatic carboxylic acids is 1. The molecule has 0 spiro atoms. The van der Waals surface area contributed by atoms with E-state index in [1.807, 2.05) is 37.3 Å². The summed E-state index contributed by atoms with van der Waals surface area (Å²) in [6.07, 6.45) is 3.26. The highest BCUT2D eigenvalue weighted by Crippen LogP contribution is 2.22. The molecule has 0 saturated carbocycles. The third-order valence-electron chi connectivity index (χ3n) is 3.15. The summed E-state index contributed by atoms with van der Waals surface area (Å²) in [5.41, 5.74) is 2.70. The molecule has 0 aliphatic heterocycles. The Hall–Kier alpha value is -2.62. The number of benzene rings is 1. The zero-order chi connectivity index (χ0) is 15.2. The number of aromatic nitrogens is 1. The number of aryl methyl sites for hydroxylation is 1. The molecule has 0 saturated heterocycles. The average molecular weight is 283 g/mol. The van der Waals surface area contributed by atoms with Crippen LogP contribution in [-0.2, 0) is 11.4 Å². The molecule has 0 bridgehead atoms. The maximum Gasteiger partial charge on any atom is 0.335 e. The number of allylic oxidation sites excluding steroid dienone is 1. The highest BCUT2D eigenvalue weighted by atomic mass is 16.5. The van der Waals surface area contributed by atoms with Crippen LogP contribution in [0.15, 0.2) is 48.7 Å². The number of rotatable bonds is 5. The minimum atomic E-state index is -0.945. The van der Waals surface area contributed by atoms with Gasteiger partial charge in [-0.25, -0.2) is 9.78 Å². The Morgan fingerprint density at radius 2 is 2.05 bits per heavy atom. The first-order valence-corrected chi connectivity index (χ1v) is 6.65. The van der Waals surface area contributed by atoms with Crippen LogP contribution in [0.25, 0.3) is 5.57 Å². The molecule has 1 N–H and O–H groups in total. The van der Waals surface area contributed by atoms with E-state index in [1.165, 1.54) is 0 Å². The second-order valence-corrected chi connectivity index (χ2v) is 4.58. The van der Waals surface area contributed by atoms with E-state index in [0.29, 0.717) is 11.4 Å². The smallest absolute Gasteiger partial charge is 0.335 e. The van der Waals surface area contributed by atoms with Crippen LogP contribution in [-0.4, -0.2) is 16.1 Å². The van der Waals surface area contributed by atoms with E-state index in [0.717, 1.165) is 11.1 Å². The van der Waals surface area contributed by atoms with Crippen LogP contribution in [0.3, 0.4) is 0 Å². The minimum Gasteiger partial charge on any atom is -0.478 e. The predicted octanol–water partition coefficient (Wildman–Crippen LogP) is 3.46. The lowest BCUT2D eigenvalue weighted by Crippen LogP contribution is -2.06. The molecule has 2 rings (SSSR count). The summed E-state index contributed by atoms with van der Waals surface area (Å²) in [4.78, 5) is 15.5. The van der Waals surface area contributed by atoms with Crippen LogP contribution in [0.1, 0.15) is 23.6 Å². The Bertz CT molecular complexity index is 677. The Labute approximate surface area is 123 Å². The summed E-state index contributed by atoms with van der Waals surface area (Å²) < 4.78 is 5.71. The van der Waals surface area contributed by atoms with Crippen molar-refractivity contribution in [2.45, 2.75) is 20.5 Å². The normalized spacial score (nSPS) is 11.2. The Balaban J connectivity index is 2.25. The molecule has 2 aromatic rings. The lowest BCUT2D eigenvalue weighted by Gasteiger charge is -2.12. The largest absolute Gasteiger partial charge is 0.478 e. The molecular weight excluding hydrogens is 266 g/mol. The van der Waals surface area contributed by atoms with Gasteiger partial charge in [-0.15, -0.1) is 0 Å². The quantitative estimate of drug-likeness (QED) is 0.854. The van der Waals surface area contributed by atoms with E-state index < -0.39 is 5.97 Å². The van der Waals surface area contributed by atoms with Gasteiger partial charge >= 0.3 is 5.97 Å². The van der Waals surface area contributed by atoms with E-state index in [1.54, 1.807) is 25.3 Å². The fourth-order valence-corrected chi connectivity index (χ4v) is 2.07.